The summed E-state index contributed by atoms with van der Waals surface area (Å²) < 4.78 is 17.8. The summed E-state index contributed by atoms with van der Waals surface area (Å²) >= 11 is 0. The SMILES string of the molecule is C[C@H]1O[C@@H](c2ncc3cc[nH]c3n2)[C@@H]2OC(C)(C)O[C@@H]21. The molecule has 2 aromatic heterocycles. The average Bonchev–Trinajstić information content (AvgIpc) is 3.04. The quantitative estimate of drug-likeness (QED) is 0.861. The van der Waals surface area contributed by atoms with Crippen LogP contribution in [0.25, 0.3) is 11.0 Å². The van der Waals surface area contributed by atoms with Gasteiger partial charge in [0.05, 0.1) is 6.10 Å². The van der Waals surface area contributed by atoms with E-state index >= 15 is 0 Å². The van der Waals surface area contributed by atoms with Crippen molar-refractivity contribution in [3.63, 3.8) is 0 Å². The van der Waals surface area contributed by atoms with Gasteiger partial charge in [-0.15, -0.1) is 0 Å². The molecular weight excluding hydrogens is 258 g/mol. The molecule has 2 aliphatic rings. The van der Waals surface area contributed by atoms with Crippen molar-refractivity contribution in [3.8, 4) is 0 Å². The number of H-pyrrole nitrogens is 1. The van der Waals surface area contributed by atoms with Gasteiger partial charge in [-0.25, -0.2) is 9.97 Å². The van der Waals surface area contributed by atoms with Gasteiger partial charge in [-0.2, -0.15) is 0 Å². The molecule has 1 N–H and O–H groups in total. The molecule has 6 nitrogen and oxygen atoms in total. The highest BCUT2D eigenvalue weighted by Crippen LogP contribution is 2.44. The van der Waals surface area contributed by atoms with Gasteiger partial charge in [0.1, 0.15) is 24.0 Å². The average molecular weight is 275 g/mol. The summed E-state index contributed by atoms with van der Waals surface area (Å²) in [5.41, 5.74) is 0.813. The van der Waals surface area contributed by atoms with Crippen LogP contribution in [0, 0.1) is 0 Å². The molecule has 4 rings (SSSR count). The fraction of sp³-hybridized carbons (Fsp3) is 0.571. The first kappa shape index (κ1) is 12.3. The van der Waals surface area contributed by atoms with Crippen molar-refractivity contribution in [3.05, 3.63) is 24.3 Å². The van der Waals surface area contributed by atoms with E-state index < -0.39 is 5.79 Å². The third-order valence-corrected chi connectivity index (χ3v) is 3.86. The maximum Gasteiger partial charge on any atom is 0.164 e. The molecular formula is C14H17N3O3. The van der Waals surface area contributed by atoms with E-state index in [-0.39, 0.29) is 24.4 Å². The Morgan fingerprint density at radius 3 is 2.90 bits per heavy atom. The maximum absolute atomic E-state index is 5.97. The predicted octanol–water partition coefficient (Wildman–Crippen LogP) is 1.94. The lowest BCUT2D eigenvalue weighted by atomic mass is 10.1. The number of hydrogen-bond donors (Lipinski definition) is 1. The first-order valence-electron chi connectivity index (χ1n) is 6.85. The molecule has 6 heteroatoms. The Bertz CT molecular complexity index is 654. The Kier molecular flexibility index (Phi) is 2.45. The number of aromatic amines is 1. The number of hydrogen-bond acceptors (Lipinski definition) is 5. The van der Waals surface area contributed by atoms with Gasteiger partial charge in [0, 0.05) is 17.8 Å². The highest BCUT2D eigenvalue weighted by atomic mass is 16.8. The maximum atomic E-state index is 5.97. The third kappa shape index (κ3) is 1.76. The van der Waals surface area contributed by atoms with Crippen molar-refractivity contribution in [1.29, 1.82) is 0 Å². The molecule has 0 saturated carbocycles. The zero-order valence-electron chi connectivity index (χ0n) is 11.7. The summed E-state index contributed by atoms with van der Waals surface area (Å²) in [5.74, 6) is 0.0583. The van der Waals surface area contributed by atoms with Crippen molar-refractivity contribution >= 4 is 11.0 Å². The van der Waals surface area contributed by atoms with Gasteiger partial charge < -0.3 is 19.2 Å². The first-order chi connectivity index (χ1) is 9.53. The topological polar surface area (TPSA) is 69.3 Å². The van der Waals surface area contributed by atoms with E-state index in [0.717, 1.165) is 11.0 Å². The summed E-state index contributed by atoms with van der Waals surface area (Å²) in [4.78, 5) is 12.0. The normalized spacial score (nSPS) is 35.5. The predicted molar refractivity (Wildman–Crippen MR) is 71.0 cm³/mol. The van der Waals surface area contributed by atoms with Crippen molar-refractivity contribution in [2.24, 2.45) is 0 Å². The summed E-state index contributed by atoms with van der Waals surface area (Å²) in [7, 11) is 0. The highest BCUT2D eigenvalue weighted by Gasteiger charge is 2.54. The Labute approximate surface area is 116 Å². The smallest absolute Gasteiger partial charge is 0.164 e. The molecule has 0 unspecified atom stereocenters. The van der Waals surface area contributed by atoms with Crippen LogP contribution in [0.15, 0.2) is 18.5 Å². The summed E-state index contributed by atoms with van der Waals surface area (Å²) in [5, 5.41) is 0.986. The molecule has 4 atom stereocenters. The Morgan fingerprint density at radius 2 is 2.05 bits per heavy atom. The molecule has 2 fully saturated rings. The van der Waals surface area contributed by atoms with Crippen LogP contribution in [-0.2, 0) is 14.2 Å². The fourth-order valence-electron chi connectivity index (χ4n) is 3.00. The van der Waals surface area contributed by atoms with Gasteiger partial charge in [0.15, 0.2) is 11.6 Å². The van der Waals surface area contributed by atoms with Crippen LogP contribution >= 0.6 is 0 Å². The van der Waals surface area contributed by atoms with Crippen molar-refractivity contribution in [2.75, 3.05) is 0 Å². The van der Waals surface area contributed by atoms with Crippen LogP contribution in [0.3, 0.4) is 0 Å². The second-order valence-electron chi connectivity index (χ2n) is 5.84. The number of aromatic nitrogens is 3. The van der Waals surface area contributed by atoms with Gasteiger partial charge in [-0.05, 0) is 26.8 Å². The molecule has 4 heterocycles. The fourth-order valence-corrected chi connectivity index (χ4v) is 3.00. The number of ether oxygens (including phenoxy) is 3. The molecule has 0 amide bonds. The van der Waals surface area contributed by atoms with Gasteiger partial charge in [-0.1, -0.05) is 0 Å². The van der Waals surface area contributed by atoms with E-state index in [2.05, 4.69) is 15.0 Å². The van der Waals surface area contributed by atoms with Crippen LogP contribution in [-0.4, -0.2) is 39.1 Å². The Balaban J connectivity index is 1.71. The number of nitrogens with zero attached hydrogens (tertiary/aromatic N) is 2. The summed E-state index contributed by atoms with van der Waals surface area (Å²) in [6.07, 6.45) is 3.10. The Hall–Kier alpha value is -1.50. The minimum atomic E-state index is -0.581. The van der Waals surface area contributed by atoms with E-state index in [9.17, 15) is 0 Å². The first-order valence-corrected chi connectivity index (χ1v) is 6.85. The van der Waals surface area contributed by atoms with E-state index in [4.69, 9.17) is 14.2 Å². The zero-order valence-corrected chi connectivity index (χ0v) is 11.7. The lowest BCUT2D eigenvalue weighted by molar-refractivity contribution is -0.186. The monoisotopic (exact) mass is 275 g/mol. The van der Waals surface area contributed by atoms with Crippen LogP contribution in [0.5, 0.6) is 0 Å². The van der Waals surface area contributed by atoms with E-state index in [0.29, 0.717) is 5.82 Å². The molecule has 2 saturated heterocycles. The number of nitrogens with one attached hydrogen (secondary N) is 1. The standard InChI is InChI=1S/C14H17N3O3/c1-7-9-10(20-14(2,3)19-9)11(18-7)13-16-6-8-4-5-15-12(8)17-13/h4-7,9-11H,1-3H3,(H,15,16,17)/t7-,9-,10-,11-/m1/s1. The summed E-state index contributed by atoms with van der Waals surface area (Å²) in [6.45, 7) is 5.84. The largest absolute Gasteiger partial charge is 0.362 e. The van der Waals surface area contributed by atoms with Crippen LogP contribution in [0.4, 0.5) is 0 Å². The number of fused-ring (bicyclic) bond motifs is 2. The van der Waals surface area contributed by atoms with Gasteiger partial charge in [0.25, 0.3) is 0 Å². The molecule has 2 aliphatic heterocycles. The second-order valence-corrected chi connectivity index (χ2v) is 5.84. The molecule has 20 heavy (non-hydrogen) atoms. The second kappa shape index (κ2) is 4.00. The van der Waals surface area contributed by atoms with Gasteiger partial charge >= 0.3 is 0 Å². The van der Waals surface area contributed by atoms with E-state index in [1.54, 1.807) is 6.20 Å². The molecule has 106 valence electrons. The lowest BCUT2D eigenvalue weighted by Gasteiger charge is -2.22. The molecule has 0 radical (unpaired) electrons. The van der Waals surface area contributed by atoms with Crippen molar-refractivity contribution in [2.45, 2.75) is 51.0 Å². The minimum Gasteiger partial charge on any atom is -0.362 e. The van der Waals surface area contributed by atoms with Crippen LogP contribution < -0.4 is 0 Å². The van der Waals surface area contributed by atoms with Crippen LogP contribution in [0.2, 0.25) is 0 Å². The molecule has 0 aliphatic carbocycles. The third-order valence-electron chi connectivity index (χ3n) is 3.86. The summed E-state index contributed by atoms with van der Waals surface area (Å²) in [6, 6.07) is 1.94. The zero-order chi connectivity index (χ0) is 13.9. The number of rotatable bonds is 1. The van der Waals surface area contributed by atoms with Gasteiger partial charge in [0.2, 0.25) is 0 Å². The van der Waals surface area contributed by atoms with E-state index in [1.807, 2.05) is 33.0 Å². The van der Waals surface area contributed by atoms with Gasteiger partial charge in [-0.3, -0.25) is 0 Å². The minimum absolute atomic E-state index is 0.0327. The van der Waals surface area contributed by atoms with E-state index in [1.165, 1.54) is 0 Å². The van der Waals surface area contributed by atoms with Crippen LogP contribution in [0.1, 0.15) is 32.7 Å². The Morgan fingerprint density at radius 1 is 1.25 bits per heavy atom. The highest BCUT2D eigenvalue weighted by molar-refractivity contribution is 5.73. The molecule has 0 bridgehead atoms. The molecule has 0 spiro atoms. The van der Waals surface area contributed by atoms with Crippen molar-refractivity contribution < 1.29 is 14.2 Å². The molecule has 2 aromatic rings. The van der Waals surface area contributed by atoms with Crippen molar-refractivity contribution in [1.82, 2.24) is 15.0 Å². The molecule has 0 aromatic carbocycles. The lowest BCUT2D eigenvalue weighted by Crippen LogP contribution is -2.27.